The van der Waals surface area contributed by atoms with Gasteiger partial charge in [0.05, 0.1) is 22.5 Å². The number of hydrogen-bond acceptors (Lipinski definition) is 3. The summed E-state index contributed by atoms with van der Waals surface area (Å²) in [7, 11) is 0. The molecule has 0 radical (unpaired) electrons. The number of amides is 1. The molecule has 0 fully saturated rings. The summed E-state index contributed by atoms with van der Waals surface area (Å²) in [6, 6.07) is 11.8. The van der Waals surface area contributed by atoms with Crippen LogP contribution in [0.2, 0.25) is 15.1 Å². The maximum Gasteiger partial charge on any atom is 0.310 e. The van der Waals surface area contributed by atoms with E-state index in [-0.39, 0.29) is 19.1 Å². The van der Waals surface area contributed by atoms with Crippen molar-refractivity contribution in [3.63, 3.8) is 0 Å². The molecule has 0 aliphatic heterocycles. The number of benzene rings is 2. The lowest BCUT2D eigenvalue weighted by molar-refractivity contribution is -0.148. The Labute approximate surface area is 161 Å². The fourth-order valence-corrected chi connectivity index (χ4v) is 2.68. The van der Waals surface area contributed by atoms with Crippen LogP contribution in [0.25, 0.3) is 0 Å². The van der Waals surface area contributed by atoms with Gasteiger partial charge in [0.1, 0.15) is 0 Å². The third-order valence-electron chi connectivity index (χ3n) is 3.42. The number of carbonyl (C=O) groups is 2. The van der Waals surface area contributed by atoms with Crippen molar-refractivity contribution in [2.24, 2.45) is 0 Å². The number of esters is 1. The van der Waals surface area contributed by atoms with Crippen LogP contribution < -0.4 is 5.32 Å². The van der Waals surface area contributed by atoms with E-state index in [9.17, 15) is 9.59 Å². The van der Waals surface area contributed by atoms with Crippen LogP contribution in [0.3, 0.4) is 0 Å². The highest BCUT2D eigenvalue weighted by Gasteiger charge is 2.13. The molecule has 0 saturated carbocycles. The van der Waals surface area contributed by atoms with Gasteiger partial charge in [-0.25, -0.2) is 0 Å². The molecule has 1 atom stereocenters. The van der Waals surface area contributed by atoms with Gasteiger partial charge in [-0.15, -0.1) is 0 Å². The molecule has 0 saturated heterocycles. The Hall–Kier alpha value is -1.75. The SMILES string of the molecule is C[C@H](NC(=O)COC(=O)Cc1ccc(Cl)c(Cl)c1)c1cccc(Cl)c1. The Bertz CT molecular complexity index is 780. The van der Waals surface area contributed by atoms with Crippen molar-refractivity contribution in [2.45, 2.75) is 19.4 Å². The Kier molecular flexibility index (Phi) is 7.12. The number of ether oxygens (including phenoxy) is 1. The summed E-state index contributed by atoms with van der Waals surface area (Å²) >= 11 is 17.6. The van der Waals surface area contributed by atoms with Crippen molar-refractivity contribution in [1.29, 1.82) is 0 Å². The van der Waals surface area contributed by atoms with E-state index >= 15 is 0 Å². The van der Waals surface area contributed by atoms with Gasteiger partial charge in [0.25, 0.3) is 5.91 Å². The molecule has 0 aliphatic carbocycles. The van der Waals surface area contributed by atoms with Crippen molar-refractivity contribution in [2.75, 3.05) is 6.61 Å². The van der Waals surface area contributed by atoms with Crippen LogP contribution in [0, 0.1) is 0 Å². The summed E-state index contributed by atoms with van der Waals surface area (Å²) in [4.78, 5) is 23.7. The van der Waals surface area contributed by atoms with Crippen LogP contribution in [0.5, 0.6) is 0 Å². The number of hydrogen-bond donors (Lipinski definition) is 1. The number of rotatable bonds is 6. The molecule has 0 bridgehead atoms. The minimum Gasteiger partial charge on any atom is -0.455 e. The zero-order valence-corrected chi connectivity index (χ0v) is 15.7. The molecule has 0 aromatic heterocycles. The van der Waals surface area contributed by atoms with Gasteiger partial charge in [-0.1, -0.05) is 53.0 Å². The minimum absolute atomic E-state index is 0.00795. The molecule has 0 heterocycles. The van der Waals surface area contributed by atoms with E-state index in [1.807, 2.05) is 13.0 Å². The summed E-state index contributed by atoms with van der Waals surface area (Å²) in [5.74, 6) is -0.918. The van der Waals surface area contributed by atoms with E-state index in [2.05, 4.69) is 5.32 Å². The second kappa shape index (κ2) is 9.09. The van der Waals surface area contributed by atoms with Crippen LogP contribution in [-0.2, 0) is 20.7 Å². The largest absolute Gasteiger partial charge is 0.455 e. The van der Waals surface area contributed by atoms with E-state index < -0.39 is 11.9 Å². The van der Waals surface area contributed by atoms with Crippen molar-refractivity contribution in [1.82, 2.24) is 5.32 Å². The first kappa shape index (κ1) is 19.6. The van der Waals surface area contributed by atoms with Crippen LogP contribution in [0.15, 0.2) is 42.5 Å². The molecule has 1 N–H and O–H groups in total. The van der Waals surface area contributed by atoms with E-state index in [1.165, 1.54) is 0 Å². The second-order valence-corrected chi connectivity index (χ2v) is 6.68. The van der Waals surface area contributed by atoms with E-state index in [0.29, 0.717) is 20.6 Å². The fourth-order valence-electron chi connectivity index (χ4n) is 2.16. The van der Waals surface area contributed by atoms with Gasteiger partial charge in [-0.3, -0.25) is 9.59 Å². The molecule has 7 heteroatoms. The van der Waals surface area contributed by atoms with Crippen molar-refractivity contribution in [3.8, 4) is 0 Å². The Morgan fingerprint density at radius 1 is 1.08 bits per heavy atom. The number of nitrogens with one attached hydrogen (secondary N) is 1. The first-order valence-corrected chi connectivity index (χ1v) is 8.63. The van der Waals surface area contributed by atoms with Crippen LogP contribution in [-0.4, -0.2) is 18.5 Å². The summed E-state index contributed by atoms with van der Waals surface area (Å²) in [6.45, 7) is 1.46. The normalized spacial score (nSPS) is 11.7. The zero-order chi connectivity index (χ0) is 18.4. The molecule has 0 aliphatic rings. The van der Waals surface area contributed by atoms with Crippen molar-refractivity contribution in [3.05, 3.63) is 68.7 Å². The third-order valence-corrected chi connectivity index (χ3v) is 4.40. The summed E-state index contributed by atoms with van der Waals surface area (Å²) in [5, 5.41) is 4.11. The van der Waals surface area contributed by atoms with Gasteiger partial charge in [-0.2, -0.15) is 0 Å². The van der Waals surface area contributed by atoms with E-state index in [4.69, 9.17) is 39.5 Å². The highest BCUT2D eigenvalue weighted by atomic mass is 35.5. The minimum atomic E-state index is -0.524. The fraction of sp³-hybridized carbons (Fsp3) is 0.222. The molecular weight excluding hydrogens is 385 g/mol. The topological polar surface area (TPSA) is 55.4 Å². The summed E-state index contributed by atoms with van der Waals surface area (Å²) < 4.78 is 4.99. The average molecular weight is 401 g/mol. The zero-order valence-electron chi connectivity index (χ0n) is 13.4. The van der Waals surface area contributed by atoms with Gasteiger partial charge in [0.2, 0.25) is 0 Å². The van der Waals surface area contributed by atoms with Crippen molar-refractivity contribution >= 4 is 46.7 Å². The molecule has 4 nitrogen and oxygen atoms in total. The molecule has 25 heavy (non-hydrogen) atoms. The molecule has 132 valence electrons. The maximum atomic E-state index is 11.9. The first-order valence-electron chi connectivity index (χ1n) is 7.49. The van der Waals surface area contributed by atoms with Gasteiger partial charge >= 0.3 is 5.97 Å². The highest BCUT2D eigenvalue weighted by Crippen LogP contribution is 2.23. The second-order valence-electron chi connectivity index (χ2n) is 5.43. The van der Waals surface area contributed by atoms with Crippen LogP contribution >= 0.6 is 34.8 Å². The van der Waals surface area contributed by atoms with Gasteiger partial charge in [0, 0.05) is 5.02 Å². The smallest absolute Gasteiger partial charge is 0.310 e. The Morgan fingerprint density at radius 2 is 1.84 bits per heavy atom. The molecule has 1 amide bonds. The van der Waals surface area contributed by atoms with E-state index in [0.717, 1.165) is 5.56 Å². The number of carbonyl (C=O) groups excluding carboxylic acids is 2. The van der Waals surface area contributed by atoms with Gasteiger partial charge in [-0.05, 0) is 42.3 Å². The average Bonchev–Trinajstić information content (AvgIpc) is 2.56. The highest BCUT2D eigenvalue weighted by molar-refractivity contribution is 6.42. The standard InChI is InChI=1S/C18H16Cl3NO3/c1-11(13-3-2-4-14(19)9-13)22-17(23)10-25-18(24)8-12-5-6-15(20)16(21)7-12/h2-7,9,11H,8,10H2,1H3,(H,22,23)/t11-/m0/s1. The predicted molar refractivity (Wildman–Crippen MR) is 99.1 cm³/mol. The predicted octanol–water partition coefficient (Wildman–Crippen LogP) is 4.61. The molecular formula is C18H16Cl3NO3. The van der Waals surface area contributed by atoms with Crippen molar-refractivity contribution < 1.29 is 14.3 Å². The molecule has 0 unspecified atom stereocenters. The Balaban J connectivity index is 1.80. The van der Waals surface area contributed by atoms with E-state index in [1.54, 1.807) is 36.4 Å². The Morgan fingerprint density at radius 3 is 2.52 bits per heavy atom. The van der Waals surface area contributed by atoms with Gasteiger partial charge < -0.3 is 10.1 Å². The molecule has 2 aromatic carbocycles. The molecule has 2 rings (SSSR count). The quantitative estimate of drug-likeness (QED) is 0.720. The summed E-state index contributed by atoms with van der Waals surface area (Å²) in [5.41, 5.74) is 1.52. The van der Waals surface area contributed by atoms with Crippen LogP contribution in [0.4, 0.5) is 0 Å². The lowest BCUT2D eigenvalue weighted by Crippen LogP contribution is -2.31. The number of halogens is 3. The first-order chi connectivity index (χ1) is 11.8. The van der Waals surface area contributed by atoms with Crippen LogP contribution in [0.1, 0.15) is 24.1 Å². The third kappa shape index (κ3) is 6.24. The van der Waals surface area contributed by atoms with Gasteiger partial charge in [0.15, 0.2) is 6.61 Å². The molecule has 2 aromatic rings. The lowest BCUT2D eigenvalue weighted by atomic mass is 10.1. The summed E-state index contributed by atoms with van der Waals surface area (Å²) in [6.07, 6.45) is 0.00795. The molecule has 0 spiro atoms. The monoisotopic (exact) mass is 399 g/mol. The maximum absolute atomic E-state index is 11.9. The lowest BCUT2D eigenvalue weighted by Gasteiger charge is -2.14.